The average molecular weight is 364 g/mol. The Morgan fingerprint density at radius 2 is 1.77 bits per heavy atom. The SMILES string of the molecule is CC[C@H](C)C1C(=O)N(Oc2ccccc2)C(O)([C@@H](C)CC)C(=O)N1OC. The minimum Gasteiger partial charge on any atom is -0.373 e. The van der Waals surface area contributed by atoms with Crippen molar-refractivity contribution in [3.63, 3.8) is 0 Å². The molecule has 26 heavy (non-hydrogen) atoms. The van der Waals surface area contributed by atoms with Crippen molar-refractivity contribution in [3.8, 4) is 5.75 Å². The quantitative estimate of drug-likeness (QED) is 0.803. The summed E-state index contributed by atoms with van der Waals surface area (Å²) in [4.78, 5) is 37.3. The van der Waals surface area contributed by atoms with Gasteiger partial charge in [-0.25, -0.2) is 5.06 Å². The van der Waals surface area contributed by atoms with Crippen LogP contribution < -0.4 is 4.84 Å². The maximum Gasteiger partial charge on any atom is 0.303 e. The second kappa shape index (κ2) is 8.05. The van der Waals surface area contributed by atoms with Crippen molar-refractivity contribution < 1.29 is 24.4 Å². The number of para-hydroxylation sites is 1. The Kier molecular flexibility index (Phi) is 6.26. The summed E-state index contributed by atoms with van der Waals surface area (Å²) in [6.45, 7) is 7.31. The summed E-state index contributed by atoms with van der Waals surface area (Å²) in [5.41, 5.74) is -2.15. The predicted octanol–water partition coefficient (Wildman–Crippen LogP) is 2.36. The molecule has 1 aliphatic heterocycles. The standard InChI is InChI=1S/C19H28N2O5/c1-6-13(3)16-17(22)21(26-15-11-9-8-10-12-15)19(24,14(4)7-2)18(23)20(16)25-5/h8-14,16,24H,6-7H2,1-5H3/t13-,14-,16?,19?/m0/s1. The van der Waals surface area contributed by atoms with Gasteiger partial charge in [0.15, 0.2) is 5.75 Å². The highest BCUT2D eigenvalue weighted by molar-refractivity contribution is 5.97. The molecule has 2 unspecified atom stereocenters. The number of carbonyl (C=O) groups excluding carboxylic acids is 2. The maximum absolute atomic E-state index is 13.2. The van der Waals surface area contributed by atoms with Crippen LogP contribution in [0.4, 0.5) is 0 Å². The highest BCUT2D eigenvalue weighted by Gasteiger charge is 2.61. The van der Waals surface area contributed by atoms with E-state index in [9.17, 15) is 14.7 Å². The van der Waals surface area contributed by atoms with Crippen LogP contribution in [-0.4, -0.2) is 45.9 Å². The van der Waals surface area contributed by atoms with Crippen LogP contribution in [-0.2, 0) is 14.4 Å². The first-order chi connectivity index (χ1) is 12.3. The fraction of sp³-hybridized carbons (Fsp3) is 0.579. The van der Waals surface area contributed by atoms with E-state index >= 15 is 0 Å². The number of hydrogen-bond acceptors (Lipinski definition) is 5. The van der Waals surface area contributed by atoms with Crippen molar-refractivity contribution in [3.05, 3.63) is 30.3 Å². The third-order valence-electron chi connectivity index (χ3n) is 5.15. The molecule has 2 rings (SSSR count). The first-order valence-electron chi connectivity index (χ1n) is 9.00. The molecule has 0 bridgehead atoms. The van der Waals surface area contributed by atoms with Gasteiger partial charge in [0.2, 0.25) is 0 Å². The van der Waals surface area contributed by atoms with Gasteiger partial charge in [0, 0.05) is 5.92 Å². The second-order valence-corrected chi connectivity index (χ2v) is 6.72. The third kappa shape index (κ3) is 3.29. The van der Waals surface area contributed by atoms with Gasteiger partial charge < -0.3 is 9.94 Å². The number of hydroxylamine groups is 4. The lowest BCUT2D eigenvalue weighted by atomic mass is 9.87. The zero-order chi connectivity index (χ0) is 19.5. The fourth-order valence-corrected chi connectivity index (χ4v) is 3.05. The number of hydrogen-bond donors (Lipinski definition) is 1. The lowest BCUT2D eigenvalue weighted by Crippen LogP contribution is -2.75. The molecule has 1 aromatic rings. The van der Waals surface area contributed by atoms with Gasteiger partial charge in [-0.2, -0.15) is 0 Å². The summed E-state index contributed by atoms with van der Waals surface area (Å²) in [5, 5.41) is 13.1. The zero-order valence-electron chi connectivity index (χ0n) is 16.0. The van der Waals surface area contributed by atoms with Crippen LogP contribution in [0.2, 0.25) is 0 Å². The highest BCUT2D eigenvalue weighted by Crippen LogP contribution is 2.36. The lowest BCUT2D eigenvalue weighted by Gasteiger charge is -2.49. The number of nitrogens with zero attached hydrogens (tertiary/aromatic N) is 2. The van der Waals surface area contributed by atoms with E-state index in [2.05, 4.69) is 0 Å². The smallest absolute Gasteiger partial charge is 0.303 e. The average Bonchev–Trinajstić information content (AvgIpc) is 2.67. The van der Waals surface area contributed by atoms with Crippen LogP contribution in [0, 0.1) is 11.8 Å². The monoisotopic (exact) mass is 364 g/mol. The van der Waals surface area contributed by atoms with E-state index < -0.39 is 29.5 Å². The van der Waals surface area contributed by atoms with Gasteiger partial charge >= 0.3 is 5.91 Å². The Labute approximate surface area is 154 Å². The van der Waals surface area contributed by atoms with E-state index in [0.717, 1.165) is 10.1 Å². The van der Waals surface area contributed by atoms with Crippen LogP contribution in [0.1, 0.15) is 40.5 Å². The molecule has 7 heteroatoms. The number of benzene rings is 1. The van der Waals surface area contributed by atoms with Gasteiger partial charge in [-0.3, -0.25) is 14.4 Å². The molecule has 0 radical (unpaired) electrons. The van der Waals surface area contributed by atoms with E-state index in [1.807, 2.05) is 26.8 Å². The predicted molar refractivity (Wildman–Crippen MR) is 95.4 cm³/mol. The first-order valence-corrected chi connectivity index (χ1v) is 9.00. The molecule has 7 nitrogen and oxygen atoms in total. The van der Waals surface area contributed by atoms with Gasteiger partial charge in [-0.1, -0.05) is 52.3 Å². The lowest BCUT2D eigenvalue weighted by molar-refractivity contribution is -0.296. The Hall–Kier alpha value is -2.12. The summed E-state index contributed by atoms with van der Waals surface area (Å²) in [7, 11) is 1.32. The van der Waals surface area contributed by atoms with Crippen molar-refractivity contribution in [2.75, 3.05) is 7.11 Å². The summed E-state index contributed by atoms with van der Waals surface area (Å²) >= 11 is 0. The number of amides is 2. The normalized spacial score (nSPS) is 26.0. The number of piperazine rings is 1. The van der Waals surface area contributed by atoms with Crippen LogP contribution in [0.15, 0.2) is 30.3 Å². The summed E-state index contributed by atoms with van der Waals surface area (Å²) in [6.07, 6.45) is 1.13. The molecule has 1 aromatic carbocycles. The highest BCUT2D eigenvalue weighted by atomic mass is 16.7. The molecule has 0 aromatic heterocycles. The Bertz CT molecular complexity index is 638. The van der Waals surface area contributed by atoms with E-state index in [4.69, 9.17) is 9.68 Å². The molecular weight excluding hydrogens is 336 g/mol. The number of aliphatic hydroxyl groups is 1. The molecule has 0 saturated carbocycles. The van der Waals surface area contributed by atoms with Gasteiger partial charge in [0.1, 0.15) is 6.04 Å². The van der Waals surface area contributed by atoms with Crippen molar-refractivity contribution in [2.24, 2.45) is 11.8 Å². The fourth-order valence-electron chi connectivity index (χ4n) is 3.05. The van der Waals surface area contributed by atoms with E-state index in [1.54, 1.807) is 31.2 Å². The Morgan fingerprint density at radius 1 is 1.15 bits per heavy atom. The number of carbonyl (C=O) groups is 2. The molecule has 1 aliphatic rings. The molecule has 0 aliphatic carbocycles. The van der Waals surface area contributed by atoms with Crippen LogP contribution in [0.3, 0.4) is 0 Å². The second-order valence-electron chi connectivity index (χ2n) is 6.72. The van der Waals surface area contributed by atoms with Gasteiger partial charge in [0.25, 0.3) is 11.6 Å². The van der Waals surface area contributed by atoms with Crippen molar-refractivity contribution in [2.45, 2.75) is 52.3 Å². The minimum absolute atomic E-state index is 0.172. The van der Waals surface area contributed by atoms with Gasteiger partial charge in [-0.05, 0) is 24.5 Å². The van der Waals surface area contributed by atoms with Crippen molar-refractivity contribution in [1.82, 2.24) is 10.1 Å². The molecule has 1 heterocycles. The molecule has 0 spiro atoms. The van der Waals surface area contributed by atoms with E-state index in [-0.39, 0.29) is 5.92 Å². The largest absolute Gasteiger partial charge is 0.373 e. The van der Waals surface area contributed by atoms with Crippen LogP contribution in [0.25, 0.3) is 0 Å². The van der Waals surface area contributed by atoms with Crippen LogP contribution >= 0.6 is 0 Å². The maximum atomic E-state index is 13.2. The van der Waals surface area contributed by atoms with Crippen molar-refractivity contribution >= 4 is 11.8 Å². The molecule has 2 amide bonds. The van der Waals surface area contributed by atoms with E-state index in [0.29, 0.717) is 18.6 Å². The molecule has 144 valence electrons. The Morgan fingerprint density at radius 3 is 2.27 bits per heavy atom. The van der Waals surface area contributed by atoms with E-state index in [1.165, 1.54) is 7.11 Å². The van der Waals surface area contributed by atoms with Gasteiger partial charge in [-0.15, -0.1) is 5.06 Å². The topological polar surface area (TPSA) is 79.3 Å². The van der Waals surface area contributed by atoms with Crippen LogP contribution in [0.5, 0.6) is 5.75 Å². The zero-order valence-corrected chi connectivity index (χ0v) is 16.0. The summed E-state index contributed by atoms with van der Waals surface area (Å²) in [5.74, 6) is -1.57. The summed E-state index contributed by atoms with van der Waals surface area (Å²) < 4.78 is 0. The number of rotatable bonds is 7. The molecule has 1 saturated heterocycles. The summed E-state index contributed by atoms with van der Waals surface area (Å²) in [6, 6.07) is 7.77. The van der Waals surface area contributed by atoms with Crippen molar-refractivity contribution in [1.29, 1.82) is 0 Å². The third-order valence-corrected chi connectivity index (χ3v) is 5.15. The minimum atomic E-state index is -2.15. The first kappa shape index (κ1) is 20.2. The molecular formula is C19H28N2O5. The molecule has 1 fully saturated rings. The Balaban J connectivity index is 2.53. The molecule has 1 N–H and O–H groups in total. The van der Waals surface area contributed by atoms with Gasteiger partial charge in [0.05, 0.1) is 7.11 Å². The molecule has 4 atom stereocenters.